The van der Waals surface area contributed by atoms with Crippen molar-refractivity contribution in [3.05, 3.63) is 77.4 Å². The zero-order chi connectivity index (χ0) is 24.5. The number of nitrogens with one attached hydrogen (secondary N) is 1. The molecule has 3 aromatic carbocycles. The number of benzene rings is 3. The van der Waals surface area contributed by atoms with Crippen LogP contribution in [0, 0.1) is 0 Å². The summed E-state index contributed by atoms with van der Waals surface area (Å²) in [6.45, 7) is -0.621. The van der Waals surface area contributed by atoms with E-state index in [0.29, 0.717) is 17.2 Å². The van der Waals surface area contributed by atoms with Gasteiger partial charge in [-0.15, -0.1) is 0 Å². The third-order valence-corrected chi connectivity index (χ3v) is 6.99. The number of amides is 1. The Balaban J connectivity index is 1.49. The lowest BCUT2D eigenvalue weighted by Crippen LogP contribution is -2.23. The second kappa shape index (κ2) is 8.99. The molecule has 34 heavy (non-hydrogen) atoms. The van der Waals surface area contributed by atoms with Crippen molar-refractivity contribution in [2.24, 2.45) is 0 Å². The number of rotatable bonds is 6. The Labute approximate surface area is 195 Å². The van der Waals surface area contributed by atoms with Crippen molar-refractivity contribution in [1.82, 2.24) is 0 Å². The number of anilines is 1. The van der Waals surface area contributed by atoms with Crippen molar-refractivity contribution in [3.63, 3.8) is 0 Å². The van der Waals surface area contributed by atoms with E-state index in [9.17, 15) is 22.8 Å². The number of esters is 1. The standard InChI is InChI=1S/C24H19NO8S/c1-31-16-10-15(11-17(12-16)32-2)25-22(26)13-33-24(28)14-7-8-19-21(9-14)34(29,30)20-6-4-3-5-18(20)23(19)27/h3-12H,13H2,1-2H3,(H,25,26). The lowest BCUT2D eigenvalue weighted by Gasteiger charge is -2.19. The number of carbonyl (C=O) groups excluding carboxylic acids is 3. The number of methoxy groups -OCH3 is 2. The molecule has 1 heterocycles. The van der Waals surface area contributed by atoms with Gasteiger partial charge >= 0.3 is 5.97 Å². The molecule has 0 saturated heterocycles. The average molecular weight is 481 g/mol. The predicted octanol–water partition coefficient (Wildman–Crippen LogP) is 2.88. The molecule has 0 atom stereocenters. The van der Waals surface area contributed by atoms with Gasteiger partial charge in [-0.2, -0.15) is 0 Å². The largest absolute Gasteiger partial charge is 0.497 e. The molecule has 3 aromatic rings. The van der Waals surface area contributed by atoms with Crippen molar-refractivity contribution in [1.29, 1.82) is 0 Å². The van der Waals surface area contributed by atoms with E-state index in [1.807, 2.05) is 0 Å². The number of fused-ring (bicyclic) bond motifs is 2. The van der Waals surface area contributed by atoms with Gasteiger partial charge in [-0.3, -0.25) is 9.59 Å². The van der Waals surface area contributed by atoms with Crippen LogP contribution >= 0.6 is 0 Å². The van der Waals surface area contributed by atoms with E-state index >= 15 is 0 Å². The van der Waals surface area contributed by atoms with Crippen LogP contribution in [0.1, 0.15) is 26.3 Å². The van der Waals surface area contributed by atoms with Gasteiger partial charge < -0.3 is 19.5 Å². The third-order valence-electron chi connectivity index (χ3n) is 5.14. The van der Waals surface area contributed by atoms with Crippen molar-refractivity contribution >= 4 is 33.2 Å². The average Bonchev–Trinajstić information content (AvgIpc) is 2.85. The molecule has 4 rings (SSSR count). The summed E-state index contributed by atoms with van der Waals surface area (Å²) in [7, 11) is -1.08. The Kier molecular flexibility index (Phi) is 6.08. The minimum absolute atomic E-state index is 0.0278. The number of sulfone groups is 1. The van der Waals surface area contributed by atoms with Crippen LogP contribution in [0.4, 0.5) is 5.69 Å². The summed E-state index contributed by atoms with van der Waals surface area (Å²) in [4.78, 5) is 37.1. The maximum absolute atomic E-state index is 13.0. The summed E-state index contributed by atoms with van der Waals surface area (Å²) >= 11 is 0. The van der Waals surface area contributed by atoms with Crippen molar-refractivity contribution < 1.29 is 37.0 Å². The molecule has 0 fully saturated rings. The second-order valence-electron chi connectivity index (χ2n) is 7.27. The van der Waals surface area contributed by atoms with Crippen molar-refractivity contribution in [2.45, 2.75) is 9.79 Å². The van der Waals surface area contributed by atoms with Crippen LogP contribution < -0.4 is 14.8 Å². The Morgan fingerprint density at radius 1 is 0.853 bits per heavy atom. The van der Waals surface area contributed by atoms with Crippen LogP contribution in [0.5, 0.6) is 11.5 Å². The molecule has 0 unspecified atom stereocenters. The summed E-state index contributed by atoms with van der Waals surface area (Å²) in [6.07, 6.45) is 0. The quantitative estimate of drug-likeness (QED) is 0.417. The first-order chi connectivity index (χ1) is 16.2. The van der Waals surface area contributed by atoms with Gasteiger partial charge in [0.25, 0.3) is 5.91 Å². The number of hydrogen-bond acceptors (Lipinski definition) is 8. The molecule has 9 nitrogen and oxygen atoms in total. The highest BCUT2D eigenvalue weighted by Crippen LogP contribution is 2.35. The molecule has 0 spiro atoms. The highest BCUT2D eigenvalue weighted by atomic mass is 32.2. The van der Waals surface area contributed by atoms with Crippen molar-refractivity contribution in [2.75, 3.05) is 26.1 Å². The van der Waals surface area contributed by atoms with Gasteiger partial charge in [-0.25, -0.2) is 13.2 Å². The Bertz CT molecular complexity index is 1410. The van der Waals surface area contributed by atoms with E-state index in [2.05, 4.69) is 5.32 Å². The Hall–Kier alpha value is -4.18. The van der Waals surface area contributed by atoms with E-state index in [0.717, 1.165) is 6.07 Å². The van der Waals surface area contributed by atoms with Gasteiger partial charge in [0.05, 0.1) is 29.6 Å². The maximum Gasteiger partial charge on any atom is 0.338 e. The first-order valence-electron chi connectivity index (χ1n) is 9.97. The SMILES string of the molecule is COc1cc(NC(=O)COC(=O)c2ccc3c(c2)S(=O)(=O)c2ccccc2C3=O)cc(OC)c1. The van der Waals surface area contributed by atoms with E-state index in [4.69, 9.17) is 14.2 Å². The van der Waals surface area contributed by atoms with Crippen LogP contribution in [0.15, 0.2) is 70.5 Å². The van der Waals surface area contributed by atoms with E-state index in [1.165, 1.54) is 44.6 Å². The molecule has 0 saturated carbocycles. The summed E-state index contributed by atoms with van der Waals surface area (Å²) < 4.78 is 41.3. The molecule has 1 aliphatic heterocycles. The fraction of sp³-hybridized carbons (Fsp3) is 0.125. The molecule has 0 bridgehead atoms. The fourth-order valence-corrected chi connectivity index (χ4v) is 5.18. The fourth-order valence-electron chi connectivity index (χ4n) is 3.50. The van der Waals surface area contributed by atoms with Crippen LogP contribution in [-0.4, -0.2) is 46.9 Å². The molecule has 1 N–H and O–H groups in total. The summed E-state index contributed by atoms with van der Waals surface area (Å²) in [5, 5.41) is 2.56. The van der Waals surface area contributed by atoms with Gasteiger partial charge in [0.1, 0.15) is 11.5 Å². The van der Waals surface area contributed by atoms with Crippen molar-refractivity contribution in [3.8, 4) is 11.5 Å². The third kappa shape index (κ3) is 4.23. The van der Waals surface area contributed by atoms with Gasteiger partial charge in [-0.1, -0.05) is 12.1 Å². The number of hydrogen-bond donors (Lipinski definition) is 1. The smallest absolute Gasteiger partial charge is 0.338 e. The number of ketones is 1. The lowest BCUT2D eigenvalue weighted by molar-refractivity contribution is -0.119. The van der Waals surface area contributed by atoms with Crippen LogP contribution in [0.25, 0.3) is 0 Å². The maximum atomic E-state index is 13.0. The summed E-state index contributed by atoms with van der Waals surface area (Å²) in [5.74, 6) is -1.08. The highest BCUT2D eigenvalue weighted by molar-refractivity contribution is 7.91. The zero-order valence-electron chi connectivity index (χ0n) is 18.2. The van der Waals surface area contributed by atoms with Gasteiger partial charge in [0.15, 0.2) is 12.4 Å². The topological polar surface area (TPSA) is 125 Å². The molecule has 1 aliphatic rings. The summed E-state index contributed by atoms with van der Waals surface area (Å²) in [6, 6.07) is 14.3. The van der Waals surface area contributed by atoms with Gasteiger partial charge in [0.2, 0.25) is 9.84 Å². The van der Waals surface area contributed by atoms with Crippen LogP contribution in [0.3, 0.4) is 0 Å². The molecular weight excluding hydrogens is 462 g/mol. The molecule has 0 aliphatic carbocycles. The zero-order valence-corrected chi connectivity index (χ0v) is 19.0. The minimum atomic E-state index is -4.01. The molecule has 0 aromatic heterocycles. The summed E-state index contributed by atoms with van der Waals surface area (Å²) in [5.41, 5.74) is 0.316. The van der Waals surface area contributed by atoms with E-state index < -0.39 is 34.1 Å². The van der Waals surface area contributed by atoms with Gasteiger partial charge in [-0.05, 0) is 30.3 Å². The van der Waals surface area contributed by atoms with Crippen LogP contribution in [0.2, 0.25) is 0 Å². The molecule has 0 radical (unpaired) electrons. The molecule has 1 amide bonds. The first kappa shape index (κ1) is 23.0. The van der Waals surface area contributed by atoms with E-state index in [-0.39, 0.29) is 26.5 Å². The Morgan fingerprint density at radius 2 is 1.50 bits per heavy atom. The van der Waals surface area contributed by atoms with Gasteiger partial charge in [0, 0.05) is 35.0 Å². The predicted molar refractivity (Wildman–Crippen MR) is 120 cm³/mol. The molecular formula is C24H19NO8S. The number of ether oxygens (including phenoxy) is 3. The van der Waals surface area contributed by atoms with E-state index in [1.54, 1.807) is 24.3 Å². The Morgan fingerprint density at radius 3 is 2.18 bits per heavy atom. The monoisotopic (exact) mass is 481 g/mol. The molecule has 174 valence electrons. The normalized spacial score (nSPS) is 13.3. The lowest BCUT2D eigenvalue weighted by atomic mass is 10.0. The number of carbonyl (C=O) groups is 3. The highest BCUT2D eigenvalue weighted by Gasteiger charge is 2.35. The minimum Gasteiger partial charge on any atom is -0.497 e. The first-order valence-corrected chi connectivity index (χ1v) is 11.5. The second-order valence-corrected chi connectivity index (χ2v) is 9.15. The molecule has 10 heteroatoms. The van der Waals surface area contributed by atoms with Crippen LogP contribution in [-0.2, 0) is 19.4 Å².